The van der Waals surface area contributed by atoms with Crippen molar-refractivity contribution in [1.29, 1.82) is 0 Å². The quantitative estimate of drug-likeness (QED) is 0.782. The first-order valence-corrected chi connectivity index (χ1v) is 4.69. The molecule has 0 radical (unpaired) electrons. The Morgan fingerprint density at radius 2 is 1.93 bits per heavy atom. The van der Waals surface area contributed by atoms with Gasteiger partial charge < -0.3 is 15.6 Å². The summed E-state index contributed by atoms with van der Waals surface area (Å²) in [6.45, 7) is 3.91. The van der Waals surface area contributed by atoms with Crippen LogP contribution in [-0.2, 0) is 11.3 Å². The summed E-state index contributed by atoms with van der Waals surface area (Å²) < 4.78 is 5.19. The van der Waals surface area contributed by atoms with E-state index in [1.54, 1.807) is 0 Å². The van der Waals surface area contributed by atoms with Crippen LogP contribution in [0.1, 0.15) is 16.7 Å². The summed E-state index contributed by atoms with van der Waals surface area (Å²) >= 11 is 0. The predicted octanol–water partition coefficient (Wildman–Crippen LogP) is 1.23. The fourth-order valence-electron chi connectivity index (χ4n) is 1.52. The lowest BCUT2D eigenvalue weighted by Gasteiger charge is -2.12. The van der Waals surface area contributed by atoms with Crippen LogP contribution < -0.4 is 10.5 Å². The summed E-state index contributed by atoms with van der Waals surface area (Å²) in [5.74, 6) is -0.341. The zero-order chi connectivity index (χ0) is 11.4. The topological polar surface area (TPSA) is 72.5 Å². The molecule has 0 spiro atoms. The van der Waals surface area contributed by atoms with Gasteiger partial charge in [0.2, 0.25) is 0 Å². The maximum absolute atomic E-state index is 10.4. The normalized spacial score (nSPS) is 10.1. The highest BCUT2D eigenvalue weighted by molar-refractivity contribution is 5.68. The second-order valence-electron chi connectivity index (χ2n) is 3.45. The number of ether oxygens (including phenoxy) is 1. The molecule has 1 rings (SSSR count). The molecular weight excluding hydrogens is 194 g/mol. The number of hydrogen-bond acceptors (Lipinski definition) is 3. The predicted molar refractivity (Wildman–Crippen MR) is 56.9 cm³/mol. The number of benzene rings is 1. The summed E-state index contributed by atoms with van der Waals surface area (Å²) in [5.41, 5.74) is 8.37. The third-order valence-corrected chi connectivity index (χ3v) is 2.10. The summed E-state index contributed by atoms with van der Waals surface area (Å²) in [7, 11) is 0. The van der Waals surface area contributed by atoms with Gasteiger partial charge in [0, 0.05) is 6.54 Å². The molecule has 0 aliphatic rings. The second-order valence-corrected chi connectivity index (χ2v) is 3.45. The second kappa shape index (κ2) is 4.79. The number of aliphatic carboxylic acids is 1. The van der Waals surface area contributed by atoms with E-state index in [1.807, 2.05) is 26.0 Å². The number of carboxylic acids is 1. The Morgan fingerprint density at radius 3 is 2.33 bits per heavy atom. The van der Waals surface area contributed by atoms with Crippen LogP contribution in [0.15, 0.2) is 12.1 Å². The Balaban J connectivity index is 2.92. The van der Waals surface area contributed by atoms with Crippen molar-refractivity contribution in [3.05, 3.63) is 28.8 Å². The molecule has 0 fully saturated rings. The molecule has 4 nitrogen and oxygen atoms in total. The van der Waals surface area contributed by atoms with Crippen LogP contribution in [0.25, 0.3) is 0 Å². The van der Waals surface area contributed by atoms with Crippen LogP contribution in [0.2, 0.25) is 0 Å². The molecule has 1 aromatic carbocycles. The van der Waals surface area contributed by atoms with Crippen molar-refractivity contribution in [3.63, 3.8) is 0 Å². The molecule has 0 unspecified atom stereocenters. The van der Waals surface area contributed by atoms with Gasteiger partial charge in [-0.05, 0) is 30.5 Å². The molecule has 15 heavy (non-hydrogen) atoms. The number of carboxylic acid groups (broad SMARTS) is 1. The Kier molecular flexibility index (Phi) is 3.68. The summed E-state index contributed by atoms with van der Waals surface area (Å²) in [5, 5.41) is 8.51. The van der Waals surface area contributed by atoms with E-state index in [-0.39, 0.29) is 6.61 Å². The van der Waals surface area contributed by atoms with Gasteiger partial charge in [0.15, 0.2) is 6.61 Å². The lowest BCUT2D eigenvalue weighted by molar-refractivity contribution is -0.139. The maximum atomic E-state index is 10.4. The monoisotopic (exact) mass is 209 g/mol. The number of rotatable bonds is 4. The van der Waals surface area contributed by atoms with Crippen LogP contribution in [0.3, 0.4) is 0 Å². The number of aryl methyl sites for hydroxylation is 2. The minimum atomic E-state index is -0.975. The minimum Gasteiger partial charge on any atom is -0.481 e. The van der Waals surface area contributed by atoms with Crippen LogP contribution in [0.5, 0.6) is 5.75 Å². The van der Waals surface area contributed by atoms with Gasteiger partial charge >= 0.3 is 5.97 Å². The lowest BCUT2D eigenvalue weighted by Crippen LogP contribution is -2.11. The van der Waals surface area contributed by atoms with Gasteiger partial charge in [0.05, 0.1) is 0 Å². The molecule has 4 heteroatoms. The van der Waals surface area contributed by atoms with Crippen LogP contribution in [0.4, 0.5) is 0 Å². The van der Waals surface area contributed by atoms with E-state index < -0.39 is 5.97 Å². The minimum absolute atomic E-state index is 0.316. The molecule has 0 amide bonds. The average Bonchev–Trinajstić information content (AvgIpc) is 2.15. The Morgan fingerprint density at radius 1 is 1.40 bits per heavy atom. The average molecular weight is 209 g/mol. The largest absolute Gasteiger partial charge is 0.481 e. The van der Waals surface area contributed by atoms with Gasteiger partial charge in [-0.25, -0.2) is 4.79 Å². The summed E-state index contributed by atoms with van der Waals surface area (Å²) in [6.07, 6.45) is 0. The van der Waals surface area contributed by atoms with E-state index in [1.165, 1.54) is 0 Å². The first-order valence-electron chi connectivity index (χ1n) is 4.69. The first-order chi connectivity index (χ1) is 7.04. The molecule has 0 saturated carbocycles. The fourth-order valence-corrected chi connectivity index (χ4v) is 1.52. The third-order valence-electron chi connectivity index (χ3n) is 2.10. The summed E-state index contributed by atoms with van der Waals surface area (Å²) in [6, 6.07) is 3.81. The molecule has 0 bridgehead atoms. The van der Waals surface area contributed by atoms with Crippen molar-refractivity contribution < 1.29 is 14.6 Å². The van der Waals surface area contributed by atoms with Crippen molar-refractivity contribution >= 4 is 5.97 Å². The molecule has 3 N–H and O–H groups in total. The summed E-state index contributed by atoms with van der Waals surface area (Å²) in [4.78, 5) is 10.4. The molecular formula is C11H15NO3. The fraction of sp³-hybridized carbons (Fsp3) is 0.364. The molecule has 0 aromatic heterocycles. The molecule has 0 atom stereocenters. The smallest absolute Gasteiger partial charge is 0.341 e. The Labute approximate surface area is 88.7 Å². The van der Waals surface area contributed by atoms with Crippen LogP contribution in [0, 0.1) is 13.8 Å². The standard InChI is InChI=1S/C11H15NO3/c1-7-3-9(5-12)4-8(2)11(7)15-6-10(13)14/h3-4H,5-6,12H2,1-2H3,(H,13,14). The number of nitrogens with two attached hydrogens (primary N) is 1. The highest BCUT2D eigenvalue weighted by Crippen LogP contribution is 2.24. The van der Waals surface area contributed by atoms with Gasteiger partial charge in [0.25, 0.3) is 0 Å². The van der Waals surface area contributed by atoms with Crippen molar-refractivity contribution in [3.8, 4) is 5.75 Å². The van der Waals surface area contributed by atoms with E-state index in [9.17, 15) is 4.79 Å². The number of hydrogen-bond donors (Lipinski definition) is 2. The zero-order valence-corrected chi connectivity index (χ0v) is 8.91. The lowest BCUT2D eigenvalue weighted by atomic mass is 10.1. The molecule has 0 aliphatic heterocycles. The van der Waals surface area contributed by atoms with E-state index >= 15 is 0 Å². The van der Waals surface area contributed by atoms with E-state index in [0.717, 1.165) is 16.7 Å². The Bertz CT molecular complexity index is 351. The van der Waals surface area contributed by atoms with E-state index in [0.29, 0.717) is 12.3 Å². The first kappa shape index (κ1) is 11.5. The molecule has 0 aliphatic carbocycles. The van der Waals surface area contributed by atoms with Crippen molar-refractivity contribution in [2.75, 3.05) is 6.61 Å². The van der Waals surface area contributed by atoms with Gasteiger partial charge in [0.1, 0.15) is 5.75 Å². The van der Waals surface area contributed by atoms with E-state index in [4.69, 9.17) is 15.6 Å². The van der Waals surface area contributed by atoms with Gasteiger partial charge in [-0.1, -0.05) is 12.1 Å². The molecule has 0 saturated heterocycles. The van der Waals surface area contributed by atoms with Crippen molar-refractivity contribution in [2.24, 2.45) is 5.73 Å². The number of carbonyl (C=O) groups is 1. The van der Waals surface area contributed by atoms with Gasteiger partial charge in [-0.15, -0.1) is 0 Å². The molecule has 82 valence electrons. The van der Waals surface area contributed by atoms with Gasteiger partial charge in [-0.2, -0.15) is 0 Å². The van der Waals surface area contributed by atoms with E-state index in [2.05, 4.69) is 0 Å². The highest BCUT2D eigenvalue weighted by atomic mass is 16.5. The SMILES string of the molecule is Cc1cc(CN)cc(C)c1OCC(=O)O. The Hall–Kier alpha value is -1.55. The molecule has 1 aromatic rings. The maximum Gasteiger partial charge on any atom is 0.341 e. The zero-order valence-electron chi connectivity index (χ0n) is 8.91. The van der Waals surface area contributed by atoms with Crippen molar-refractivity contribution in [1.82, 2.24) is 0 Å². The highest BCUT2D eigenvalue weighted by Gasteiger charge is 2.07. The van der Waals surface area contributed by atoms with Gasteiger partial charge in [-0.3, -0.25) is 0 Å². The third kappa shape index (κ3) is 2.95. The van der Waals surface area contributed by atoms with Crippen LogP contribution in [-0.4, -0.2) is 17.7 Å². The molecule has 0 heterocycles. The van der Waals surface area contributed by atoms with Crippen molar-refractivity contribution in [2.45, 2.75) is 20.4 Å². The van der Waals surface area contributed by atoms with Crippen LogP contribution >= 0.6 is 0 Å².